The Hall–Kier alpha value is -2.50. The number of benzene rings is 1. The van der Waals surface area contributed by atoms with E-state index >= 15 is 0 Å². The molecule has 0 radical (unpaired) electrons. The van der Waals surface area contributed by atoms with Gasteiger partial charge in [0.2, 0.25) is 0 Å². The number of ketones is 1. The van der Waals surface area contributed by atoms with Crippen LogP contribution in [0.25, 0.3) is 0 Å². The van der Waals surface area contributed by atoms with Crippen molar-refractivity contribution in [1.29, 1.82) is 0 Å². The molecule has 0 atom stereocenters. The maximum absolute atomic E-state index is 13.5. The van der Waals surface area contributed by atoms with Gasteiger partial charge in [-0.1, -0.05) is 30.3 Å². The molecule has 1 N–H and O–H groups in total. The van der Waals surface area contributed by atoms with Gasteiger partial charge in [-0.05, 0) is 30.4 Å². The van der Waals surface area contributed by atoms with Crippen LogP contribution in [-0.4, -0.2) is 17.3 Å². The van der Waals surface area contributed by atoms with Crippen molar-refractivity contribution >= 4 is 11.6 Å². The fourth-order valence-corrected chi connectivity index (χ4v) is 2.57. The summed E-state index contributed by atoms with van der Waals surface area (Å²) in [4.78, 5) is 15.8. The smallest absolute Gasteiger partial charge is 0.270 e. The summed E-state index contributed by atoms with van der Waals surface area (Å²) in [6.07, 6.45) is 1.31. The highest BCUT2D eigenvalue weighted by Gasteiger charge is 2.25. The molecule has 1 heterocycles. The van der Waals surface area contributed by atoms with Gasteiger partial charge in [-0.2, -0.15) is 0 Å². The summed E-state index contributed by atoms with van der Waals surface area (Å²) in [5.41, 5.74) is 0.575. The van der Waals surface area contributed by atoms with Gasteiger partial charge in [0.05, 0.1) is 6.54 Å². The lowest BCUT2D eigenvalue weighted by atomic mass is 10.2. The summed E-state index contributed by atoms with van der Waals surface area (Å²) >= 11 is 0. The Morgan fingerprint density at radius 1 is 1.24 bits per heavy atom. The maximum atomic E-state index is 13.5. The number of ether oxygens (including phenoxy) is 1. The minimum absolute atomic E-state index is 0.00436. The Bertz CT molecular complexity index is 719. The molecule has 0 bridgehead atoms. The van der Waals surface area contributed by atoms with Gasteiger partial charge in [-0.15, -0.1) is 0 Å². The second kappa shape index (κ2) is 8.05. The van der Waals surface area contributed by atoms with Gasteiger partial charge in [0.15, 0.2) is 5.78 Å². The Labute approximate surface area is 145 Å². The van der Waals surface area contributed by atoms with Crippen molar-refractivity contribution in [1.82, 2.24) is 4.98 Å². The van der Waals surface area contributed by atoms with E-state index in [-0.39, 0.29) is 36.1 Å². The number of halogens is 2. The van der Waals surface area contributed by atoms with E-state index in [0.717, 1.165) is 18.4 Å². The number of alkyl halides is 2. The van der Waals surface area contributed by atoms with Crippen LogP contribution in [0.5, 0.6) is 5.75 Å². The molecule has 1 saturated carbocycles. The summed E-state index contributed by atoms with van der Waals surface area (Å²) in [7, 11) is 0. The minimum Gasteiger partial charge on any atom is -0.488 e. The number of nitrogens with one attached hydrogen (secondary N) is 1. The van der Waals surface area contributed by atoms with E-state index in [0.29, 0.717) is 12.3 Å². The summed E-state index contributed by atoms with van der Waals surface area (Å²) in [6.45, 7) is 0.190. The molecule has 6 heteroatoms. The van der Waals surface area contributed by atoms with Gasteiger partial charge in [-0.25, -0.2) is 13.8 Å². The number of pyridine rings is 1. The van der Waals surface area contributed by atoms with Gasteiger partial charge >= 0.3 is 0 Å². The van der Waals surface area contributed by atoms with Crippen molar-refractivity contribution < 1.29 is 18.3 Å². The average Bonchev–Trinajstić information content (AvgIpc) is 3.42. The number of carbonyl (C=O) groups is 1. The Kier molecular flexibility index (Phi) is 5.58. The number of rotatable bonds is 9. The van der Waals surface area contributed by atoms with Crippen molar-refractivity contribution in [3.63, 3.8) is 0 Å². The normalized spacial score (nSPS) is 13.7. The molecule has 1 aliphatic rings. The lowest BCUT2D eigenvalue weighted by molar-refractivity contribution is -0.117. The number of hydrogen-bond donors (Lipinski definition) is 1. The van der Waals surface area contributed by atoms with Crippen molar-refractivity contribution in [2.75, 3.05) is 11.9 Å². The predicted octanol–water partition coefficient (Wildman–Crippen LogP) is 4.38. The molecule has 25 heavy (non-hydrogen) atoms. The predicted molar refractivity (Wildman–Crippen MR) is 90.8 cm³/mol. The quantitative estimate of drug-likeness (QED) is 0.732. The molecule has 0 spiro atoms. The van der Waals surface area contributed by atoms with Gasteiger partial charge in [0.25, 0.3) is 6.43 Å². The lowest BCUT2D eigenvalue weighted by Crippen LogP contribution is -2.16. The Morgan fingerprint density at radius 3 is 2.68 bits per heavy atom. The highest BCUT2D eigenvalue weighted by Crippen LogP contribution is 2.35. The number of aromatic nitrogens is 1. The molecule has 1 aromatic heterocycles. The molecule has 0 unspecified atom stereocenters. The minimum atomic E-state index is -2.75. The molecule has 3 rings (SSSR count). The largest absolute Gasteiger partial charge is 0.488 e. The highest BCUT2D eigenvalue weighted by molar-refractivity contribution is 5.83. The second-order valence-corrected chi connectivity index (χ2v) is 6.19. The van der Waals surface area contributed by atoms with Gasteiger partial charge in [-0.3, -0.25) is 4.79 Å². The molecule has 1 aliphatic carbocycles. The van der Waals surface area contributed by atoms with Crippen molar-refractivity contribution in [2.45, 2.75) is 32.3 Å². The highest BCUT2D eigenvalue weighted by atomic mass is 19.3. The van der Waals surface area contributed by atoms with E-state index in [9.17, 15) is 13.6 Å². The lowest BCUT2D eigenvalue weighted by Gasteiger charge is -2.15. The summed E-state index contributed by atoms with van der Waals surface area (Å²) in [5, 5.41) is 2.75. The third-order valence-electron chi connectivity index (χ3n) is 4.07. The molecule has 132 valence electrons. The first-order valence-corrected chi connectivity index (χ1v) is 8.33. The van der Waals surface area contributed by atoms with E-state index in [4.69, 9.17) is 4.74 Å². The zero-order chi connectivity index (χ0) is 17.6. The van der Waals surface area contributed by atoms with Crippen LogP contribution in [0.3, 0.4) is 0 Å². The van der Waals surface area contributed by atoms with E-state index in [1.807, 2.05) is 30.3 Å². The van der Waals surface area contributed by atoms with Crippen LogP contribution in [0.1, 0.15) is 36.8 Å². The summed E-state index contributed by atoms with van der Waals surface area (Å²) < 4.78 is 32.6. The monoisotopic (exact) mass is 346 g/mol. The fourth-order valence-electron chi connectivity index (χ4n) is 2.57. The van der Waals surface area contributed by atoms with Crippen molar-refractivity contribution in [2.24, 2.45) is 5.92 Å². The van der Waals surface area contributed by atoms with Crippen molar-refractivity contribution in [3.05, 3.63) is 53.7 Å². The van der Waals surface area contributed by atoms with E-state index in [2.05, 4.69) is 10.3 Å². The van der Waals surface area contributed by atoms with E-state index < -0.39 is 6.43 Å². The maximum Gasteiger partial charge on any atom is 0.270 e. The van der Waals surface area contributed by atoms with Crippen LogP contribution in [0.15, 0.2) is 42.6 Å². The summed E-state index contributed by atoms with van der Waals surface area (Å²) in [5.74, 6) is 0.563. The number of carbonyl (C=O) groups excluding carboxylic acids is 1. The SMILES string of the molecule is O=C(CNc1nccc(OCc2ccccc2)c1C(F)F)CC1CC1. The molecule has 1 aromatic carbocycles. The first-order chi connectivity index (χ1) is 12.1. The number of hydrogen-bond acceptors (Lipinski definition) is 4. The molecule has 1 fully saturated rings. The molecule has 0 saturated heterocycles. The Morgan fingerprint density at radius 2 is 2.00 bits per heavy atom. The van der Waals surface area contributed by atoms with Gasteiger partial charge < -0.3 is 10.1 Å². The van der Waals surface area contributed by atoms with Crippen LogP contribution in [0, 0.1) is 5.92 Å². The molecular formula is C19H20F2N2O2. The number of Topliss-reactive ketones (excluding diaryl/α,β-unsaturated/α-hetero) is 1. The first-order valence-electron chi connectivity index (χ1n) is 8.33. The van der Waals surface area contributed by atoms with Crippen molar-refractivity contribution in [3.8, 4) is 5.75 Å². The standard InChI is InChI=1S/C19H20F2N2O2/c20-18(21)17-16(25-12-14-4-2-1-3-5-14)8-9-22-19(17)23-11-15(24)10-13-6-7-13/h1-5,8-9,13,18H,6-7,10-12H2,(H,22,23). The van der Waals surface area contributed by atoms with Crippen LogP contribution in [0.4, 0.5) is 14.6 Å². The van der Waals surface area contributed by atoms with Crippen LogP contribution >= 0.6 is 0 Å². The first kappa shape index (κ1) is 17.3. The zero-order valence-electron chi connectivity index (χ0n) is 13.8. The summed E-state index contributed by atoms with van der Waals surface area (Å²) in [6, 6.07) is 10.7. The van der Waals surface area contributed by atoms with Crippen LogP contribution < -0.4 is 10.1 Å². The van der Waals surface area contributed by atoms with E-state index in [1.54, 1.807) is 0 Å². The molecule has 4 nitrogen and oxygen atoms in total. The van der Waals surface area contributed by atoms with Gasteiger partial charge in [0.1, 0.15) is 23.7 Å². The average molecular weight is 346 g/mol. The van der Waals surface area contributed by atoms with Crippen LogP contribution in [-0.2, 0) is 11.4 Å². The molecule has 0 aliphatic heterocycles. The van der Waals surface area contributed by atoms with Gasteiger partial charge in [0, 0.05) is 12.6 Å². The third-order valence-corrected chi connectivity index (χ3v) is 4.07. The molecule has 0 amide bonds. The van der Waals surface area contributed by atoms with Crippen LogP contribution in [0.2, 0.25) is 0 Å². The molecule has 2 aromatic rings. The molecular weight excluding hydrogens is 326 g/mol. The number of anilines is 1. The topological polar surface area (TPSA) is 51.2 Å². The second-order valence-electron chi connectivity index (χ2n) is 6.19. The van der Waals surface area contributed by atoms with E-state index in [1.165, 1.54) is 12.3 Å². The zero-order valence-corrected chi connectivity index (χ0v) is 13.8. The third kappa shape index (κ3) is 4.98. The Balaban J connectivity index is 1.68. The number of nitrogens with zero attached hydrogens (tertiary/aromatic N) is 1. The fraction of sp³-hybridized carbons (Fsp3) is 0.368.